The maximum Gasteiger partial charge on any atom is 0.265 e. The van der Waals surface area contributed by atoms with E-state index < -0.39 is 20.9 Å². The standard InChI is InChI=1S/C18H16ClFN4O3S/c1-24(2)28(26,27)18(23-25)16-10-21-17(12-5-3-4-6-14(12)20)13-9-11(19)7-8-15(13)22-16/h3-9,25H,10H2,1-2H3/b23-18+. The average Bonchev–Trinajstić information content (AvgIpc) is 2.82. The van der Waals surface area contributed by atoms with E-state index in [2.05, 4.69) is 15.1 Å². The van der Waals surface area contributed by atoms with E-state index in [0.29, 0.717) is 16.3 Å². The molecule has 1 aliphatic rings. The molecule has 2 aromatic rings. The van der Waals surface area contributed by atoms with Crippen LogP contribution in [0, 0.1) is 5.82 Å². The number of rotatable bonds is 3. The number of benzene rings is 2. The Balaban J connectivity index is 2.23. The maximum atomic E-state index is 14.4. The highest BCUT2D eigenvalue weighted by molar-refractivity contribution is 8.06. The largest absolute Gasteiger partial charge is 0.410 e. The van der Waals surface area contributed by atoms with Crippen molar-refractivity contribution in [1.29, 1.82) is 0 Å². The topological polar surface area (TPSA) is 94.7 Å². The van der Waals surface area contributed by atoms with Crippen LogP contribution in [0.4, 0.5) is 10.1 Å². The van der Waals surface area contributed by atoms with Gasteiger partial charge >= 0.3 is 0 Å². The quantitative estimate of drug-likeness (QED) is 0.356. The second kappa shape index (κ2) is 7.78. The van der Waals surface area contributed by atoms with Crippen molar-refractivity contribution in [1.82, 2.24) is 4.31 Å². The zero-order chi connectivity index (χ0) is 20.5. The van der Waals surface area contributed by atoms with Crippen LogP contribution in [0.1, 0.15) is 11.1 Å². The maximum absolute atomic E-state index is 14.4. The molecule has 10 heteroatoms. The first kappa shape index (κ1) is 20.1. The Labute approximate surface area is 166 Å². The third-order valence-corrected chi connectivity index (χ3v) is 6.05. The number of hydrogen-bond acceptors (Lipinski definition) is 6. The molecule has 2 aromatic carbocycles. The number of fused-ring (bicyclic) bond motifs is 1. The Morgan fingerprint density at radius 2 is 1.93 bits per heavy atom. The second-order valence-electron chi connectivity index (χ2n) is 6.06. The summed E-state index contributed by atoms with van der Waals surface area (Å²) in [5, 5.41) is 12.0. The highest BCUT2D eigenvalue weighted by Gasteiger charge is 2.30. The average molecular weight is 423 g/mol. The molecule has 0 saturated carbocycles. The molecule has 0 unspecified atom stereocenters. The lowest BCUT2D eigenvalue weighted by Gasteiger charge is -2.12. The van der Waals surface area contributed by atoms with Gasteiger partial charge in [0.05, 0.1) is 17.9 Å². The molecule has 1 N–H and O–H groups in total. The molecule has 1 aliphatic heterocycles. The summed E-state index contributed by atoms with van der Waals surface area (Å²) in [6.45, 7) is -0.234. The van der Waals surface area contributed by atoms with Crippen LogP contribution in [-0.4, -0.2) is 55.0 Å². The fraction of sp³-hybridized carbons (Fsp3) is 0.167. The van der Waals surface area contributed by atoms with Crippen LogP contribution in [-0.2, 0) is 10.0 Å². The first-order chi connectivity index (χ1) is 13.3. The Hall–Kier alpha value is -2.62. The van der Waals surface area contributed by atoms with Crippen LogP contribution < -0.4 is 0 Å². The Bertz CT molecular complexity index is 1130. The van der Waals surface area contributed by atoms with Crippen LogP contribution >= 0.6 is 11.6 Å². The van der Waals surface area contributed by atoms with Gasteiger partial charge in [-0.1, -0.05) is 28.9 Å². The van der Waals surface area contributed by atoms with Gasteiger partial charge in [-0.25, -0.2) is 22.1 Å². The van der Waals surface area contributed by atoms with Gasteiger partial charge < -0.3 is 5.21 Å². The van der Waals surface area contributed by atoms with E-state index in [-0.39, 0.29) is 23.5 Å². The summed E-state index contributed by atoms with van der Waals surface area (Å²) in [4.78, 5) is 8.70. The van der Waals surface area contributed by atoms with E-state index in [0.717, 1.165) is 4.31 Å². The molecule has 7 nitrogen and oxygen atoms in total. The minimum absolute atomic E-state index is 0.0777. The summed E-state index contributed by atoms with van der Waals surface area (Å²) in [7, 11) is -1.46. The van der Waals surface area contributed by atoms with Crippen molar-refractivity contribution in [2.75, 3.05) is 20.6 Å². The fourth-order valence-corrected chi connectivity index (χ4v) is 3.67. The van der Waals surface area contributed by atoms with Crippen molar-refractivity contribution in [3.05, 3.63) is 64.4 Å². The van der Waals surface area contributed by atoms with Crippen LogP contribution in [0.25, 0.3) is 0 Å². The normalized spacial score (nSPS) is 15.0. The van der Waals surface area contributed by atoms with Gasteiger partial charge in [-0.3, -0.25) is 4.99 Å². The van der Waals surface area contributed by atoms with Crippen molar-refractivity contribution < 1.29 is 18.0 Å². The molecular formula is C18H16ClFN4O3S. The molecule has 0 atom stereocenters. The summed E-state index contributed by atoms with van der Waals surface area (Å²) in [6.07, 6.45) is 0. The molecule has 0 amide bonds. The third kappa shape index (κ3) is 3.68. The highest BCUT2D eigenvalue weighted by Crippen LogP contribution is 2.29. The van der Waals surface area contributed by atoms with Crippen LogP contribution in [0.2, 0.25) is 5.02 Å². The van der Waals surface area contributed by atoms with E-state index in [1.54, 1.807) is 36.4 Å². The first-order valence-electron chi connectivity index (χ1n) is 8.07. The molecule has 0 fully saturated rings. The minimum atomic E-state index is -4.07. The number of sulfonamides is 1. The van der Waals surface area contributed by atoms with Gasteiger partial charge in [-0.15, -0.1) is 0 Å². The van der Waals surface area contributed by atoms with E-state index in [1.807, 2.05) is 0 Å². The molecular weight excluding hydrogens is 407 g/mol. The van der Waals surface area contributed by atoms with Gasteiger partial charge in [0.15, 0.2) is 0 Å². The molecule has 0 aromatic heterocycles. The summed E-state index contributed by atoms with van der Waals surface area (Å²) >= 11 is 6.10. The molecule has 28 heavy (non-hydrogen) atoms. The molecule has 0 spiro atoms. The number of oxime groups is 1. The smallest absolute Gasteiger partial charge is 0.265 e. The van der Waals surface area contributed by atoms with Crippen molar-refractivity contribution in [3.8, 4) is 0 Å². The van der Waals surface area contributed by atoms with E-state index in [1.165, 1.54) is 20.2 Å². The third-order valence-electron chi connectivity index (χ3n) is 4.05. The highest BCUT2D eigenvalue weighted by atomic mass is 35.5. The molecule has 1 heterocycles. The van der Waals surface area contributed by atoms with Gasteiger partial charge in [0.1, 0.15) is 11.5 Å². The van der Waals surface area contributed by atoms with E-state index in [4.69, 9.17) is 11.6 Å². The predicted molar refractivity (Wildman–Crippen MR) is 107 cm³/mol. The van der Waals surface area contributed by atoms with Crippen LogP contribution in [0.3, 0.4) is 0 Å². The lowest BCUT2D eigenvalue weighted by molar-refractivity contribution is 0.321. The van der Waals surface area contributed by atoms with Gasteiger partial charge in [-0.05, 0) is 30.3 Å². The summed E-state index contributed by atoms with van der Waals surface area (Å²) < 4.78 is 40.2. The lowest BCUT2D eigenvalue weighted by Crippen LogP contribution is -2.36. The Kier molecular flexibility index (Phi) is 5.59. The lowest BCUT2D eigenvalue weighted by atomic mass is 10.0. The molecule has 146 valence electrons. The van der Waals surface area contributed by atoms with Gasteiger partial charge in [0.2, 0.25) is 5.04 Å². The number of aliphatic imine (C=N–C) groups is 2. The minimum Gasteiger partial charge on any atom is -0.410 e. The van der Waals surface area contributed by atoms with Crippen molar-refractivity contribution >= 4 is 43.8 Å². The van der Waals surface area contributed by atoms with Crippen molar-refractivity contribution in [2.45, 2.75) is 0 Å². The first-order valence-corrected chi connectivity index (χ1v) is 9.89. The molecule has 0 radical (unpaired) electrons. The van der Waals surface area contributed by atoms with Gasteiger partial charge in [-0.2, -0.15) is 0 Å². The van der Waals surface area contributed by atoms with E-state index in [9.17, 15) is 18.0 Å². The Morgan fingerprint density at radius 3 is 2.57 bits per heavy atom. The second-order valence-corrected chi connectivity index (χ2v) is 8.56. The van der Waals surface area contributed by atoms with Gasteiger partial charge in [0.25, 0.3) is 10.0 Å². The van der Waals surface area contributed by atoms with Crippen LogP contribution in [0.5, 0.6) is 0 Å². The molecule has 0 saturated heterocycles. The summed E-state index contributed by atoms with van der Waals surface area (Å²) in [6, 6.07) is 10.8. The van der Waals surface area contributed by atoms with Crippen molar-refractivity contribution in [3.63, 3.8) is 0 Å². The summed E-state index contributed by atoms with van der Waals surface area (Å²) in [5.74, 6) is -0.493. The zero-order valence-corrected chi connectivity index (χ0v) is 16.5. The van der Waals surface area contributed by atoms with E-state index >= 15 is 0 Å². The number of hydrogen-bond donors (Lipinski definition) is 1. The monoisotopic (exact) mass is 422 g/mol. The van der Waals surface area contributed by atoms with Crippen LogP contribution in [0.15, 0.2) is 57.6 Å². The predicted octanol–water partition coefficient (Wildman–Crippen LogP) is 3.08. The molecule has 0 bridgehead atoms. The number of nitrogens with zero attached hydrogens (tertiary/aromatic N) is 4. The summed E-state index contributed by atoms with van der Waals surface area (Å²) in [5.41, 5.74) is 1.18. The van der Waals surface area contributed by atoms with Crippen molar-refractivity contribution in [2.24, 2.45) is 15.1 Å². The fourth-order valence-electron chi connectivity index (χ4n) is 2.65. The SMILES string of the molecule is CN(C)S(=O)(=O)/C(=N/O)C1=Nc2ccc(Cl)cc2C(c2ccccc2F)=NC1. The zero-order valence-electron chi connectivity index (χ0n) is 15.0. The number of halogens is 2. The molecule has 3 rings (SSSR count). The van der Waals surface area contributed by atoms with Gasteiger partial charge in [0, 0.05) is 30.2 Å². The Morgan fingerprint density at radius 1 is 1.21 bits per heavy atom. The molecule has 0 aliphatic carbocycles.